The Labute approximate surface area is 112 Å². The molecule has 1 aliphatic rings. The Morgan fingerprint density at radius 3 is 2.94 bits per heavy atom. The van der Waals surface area contributed by atoms with Crippen LogP contribution in [0.5, 0.6) is 0 Å². The van der Waals surface area contributed by atoms with Crippen molar-refractivity contribution in [2.75, 3.05) is 11.9 Å². The summed E-state index contributed by atoms with van der Waals surface area (Å²) in [4.78, 5) is 2.45. The summed E-state index contributed by atoms with van der Waals surface area (Å²) >= 11 is 6.77. The molecule has 1 heterocycles. The molecule has 0 radical (unpaired) electrons. The normalized spacial score (nSPS) is 21.6. The second-order valence-corrected chi connectivity index (χ2v) is 5.67. The fraction of sp³-hybridized carbons (Fsp3) is 0.500. The molecule has 0 N–H and O–H groups in total. The van der Waals surface area contributed by atoms with Crippen molar-refractivity contribution in [1.29, 1.82) is 0 Å². The first-order chi connectivity index (χ1) is 7.70. The van der Waals surface area contributed by atoms with Crippen LogP contribution in [-0.2, 0) is 6.54 Å². The first-order valence-electron chi connectivity index (χ1n) is 5.44. The molecule has 0 aliphatic carbocycles. The number of benzene rings is 1. The highest BCUT2D eigenvalue weighted by molar-refractivity contribution is 9.10. The molecule has 4 heteroatoms. The van der Waals surface area contributed by atoms with Crippen LogP contribution < -0.4 is 0 Å². The molecule has 0 saturated carbocycles. The van der Waals surface area contributed by atoms with Crippen molar-refractivity contribution in [2.45, 2.75) is 25.4 Å². The van der Waals surface area contributed by atoms with Crippen molar-refractivity contribution in [3.8, 4) is 0 Å². The van der Waals surface area contributed by atoms with Crippen molar-refractivity contribution in [3.05, 3.63) is 34.1 Å². The molecule has 0 spiro atoms. The number of nitrogens with zero attached hydrogens (tertiary/aromatic N) is 1. The highest BCUT2D eigenvalue weighted by Crippen LogP contribution is 2.23. The van der Waals surface area contributed by atoms with Gasteiger partial charge in [-0.25, -0.2) is 4.39 Å². The van der Waals surface area contributed by atoms with Gasteiger partial charge in [-0.3, -0.25) is 4.90 Å². The number of hydrogen-bond acceptors (Lipinski definition) is 1. The molecule has 1 aromatic carbocycles. The number of likely N-dealkylation sites (tertiary alicyclic amines) is 1. The molecule has 1 saturated heterocycles. The van der Waals surface area contributed by atoms with Gasteiger partial charge in [0, 0.05) is 17.9 Å². The van der Waals surface area contributed by atoms with E-state index in [9.17, 15) is 4.39 Å². The Kier molecular flexibility index (Phi) is 4.39. The minimum Gasteiger partial charge on any atom is -0.295 e. The zero-order chi connectivity index (χ0) is 11.5. The van der Waals surface area contributed by atoms with Gasteiger partial charge in [0.25, 0.3) is 0 Å². The lowest BCUT2D eigenvalue weighted by atomic mass is 10.2. The van der Waals surface area contributed by atoms with Crippen LogP contribution in [-0.4, -0.2) is 22.8 Å². The van der Waals surface area contributed by atoms with E-state index in [1.807, 2.05) is 12.1 Å². The SMILES string of the molecule is Fc1ccc(CN2CCCC2CBr)cc1Br. The maximum absolute atomic E-state index is 13.1. The Morgan fingerprint density at radius 2 is 2.25 bits per heavy atom. The van der Waals surface area contributed by atoms with Gasteiger partial charge in [0.2, 0.25) is 0 Å². The fourth-order valence-electron chi connectivity index (χ4n) is 2.15. The van der Waals surface area contributed by atoms with E-state index < -0.39 is 0 Å². The molecule has 2 rings (SSSR count). The molecule has 0 bridgehead atoms. The van der Waals surface area contributed by atoms with Crippen LogP contribution in [0.15, 0.2) is 22.7 Å². The first kappa shape index (κ1) is 12.5. The lowest BCUT2D eigenvalue weighted by Gasteiger charge is -2.22. The number of alkyl halides is 1. The molecule has 1 unspecified atom stereocenters. The lowest BCUT2D eigenvalue weighted by molar-refractivity contribution is 0.265. The van der Waals surface area contributed by atoms with E-state index >= 15 is 0 Å². The zero-order valence-corrected chi connectivity index (χ0v) is 12.1. The third-order valence-electron chi connectivity index (χ3n) is 3.05. The van der Waals surface area contributed by atoms with Gasteiger partial charge in [0.1, 0.15) is 5.82 Å². The van der Waals surface area contributed by atoms with E-state index in [4.69, 9.17) is 0 Å². The fourth-order valence-corrected chi connectivity index (χ4v) is 3.31. The van der Waals surface area contributed by atoms with E-state index in [0.717, 1.165) is 18.4 Å². The van der Waals surface area contributed by atoms with Crippen LogP contribution in [0.4, 0.5) is 4.39 Å². The molecule has 0 aromatic heterocycles. The van der Waals surface area contributed by atoms with E-state index in [2.05, 4.69) is 36.8 Å². The topological polar surface area (TPSA) is 3.24 Å². The standard InChI is InChI=1S/C12H14Br2FN/c13-7-10-2-1-5-16(10)8-9-3-4-12(15)11(14)6-9/h3-4,6,10H,1-2,5,7-8H2. The molecule has 88 valence electrons. The van der Waals surface area contributed by atoms with Crippen molar-refractivity contribution in [1.82, 2.24) is 4.90 Å². The maximum Gasteiger partial charge on any atom is 0.137 e. The molecule has 1 aromatic rings. The van der Waals surface area contributed by atoms with Crippen molar-refractivity contribution >= 4 is 31.9 Å². The molecule has 1 nitrogen and oxygen atoms in total. The summed E-state index contributed by atoms with van der Waals surface area (Å²) in [7, 11) is 0. The van der Waals surface area contributed by atoms with Crippen molar-refractivity contribution < 1.29 is 4.39 Å². The molecule has 0 amide bonds. The molecule has 1 atom stereocenters. The summed E-state index contributed by atoms with van der Waals surface area (Å²) < 4.78 is 13.6. The average molecular weight is 351 g/mol. The molecule has 1 fully saturated rings. The highest BCUT2D eigenvalue weighted by Gasteiger charge is 2.23. The van der Waals surface area contributed by atoms with E-state index in [1.165, 1.54) is 24.5 Å². The minimum atomic E-state index is -0.192. The minimum absolute atomic E-state index is 0.192. The second-order valence-electron chi connectivity index (χ2n) is 4.17. The quantitative estimate of drug-likeness (QED) is 0.746. The lowest BCUT2D eigenvalue weighted by Crippen LogP contribution is -2.29. The van der Waals surface area contributed by atoms with Gasteiger partial charge in [0.15, 0.2) is 0 Å². The molecule has 1 aliphatic heterocycles. The van der Waals surface area contributed by atoms with E-state index in [-0.39, 0.29) is 5.82 Å². The van der Waals surface area contributed by atoms with E-state index in [1.54, 1.807) is 0 Å². The Hall–Kier alpha value is 0.0700. The van der Waals surface area contributed by atoms with Gasteiger partial charge < -0.3 is 0 Å². The van der Waals surface area contributed by atoms with Crippen LogP contribution in [0.1, 0.15) is 18.4 Å². The molecular weight excluding hydrogens is 337 g/mol. The van der Waals surface area contributed by atoms with Gasteiger partial charge in [-0.05, 0) is 53.0 Å². The summed E-state index contributed by atoms with van der Waals surface area (Å²) in [6, 6.07) is 5.89. The predicted molar refractivity (Wildman–Crippen MR) is 71.3 cm³/mol. The summed E-state index contributed by atoms with van der Waals surface area (Å²) in [5, 5.41) is 1.02. The van der Waals surface area contributed by atoms with Crippen molar-refractivity contribution in [3.63, 3.8) is 0 Å². The average Bonchev–Trinajstić information content (AvgIpc) is 2.71. The van der Waals surface area contributed by atoms with Crippen LogP contribution in [0.2, 0.25) is 0 Å². The summed E-state index contributed by atoms with van der Waals surface area (Å²) in [6.07, 6.45) is 2.52. The smallest absolute Gasteiger partial charge is 0.137 e. The first-order valence-corrected chi connectivity index (χ1v) is 7.36. The number of halogens is 3. The second kappa shape index (κ2) is 5.61. The number of rotatable bonds is 3. The van der Waals surface area contributed by atoms with Gasteiger partial charge in [-0.1, -0.05) is 22.0 Å². The Morgan fingerprint density at radius 1 is 1.44 bits per heavy atom. The van der Waals surface area contributed by atoms with Crippen molar-refractivity contribution in [2.24, 2.45) is 0 Å². The maximum atomic E-state index is 13.1. The highest BCUT2D eigenvalue weighted by atomic mass is 79.9. The summed E-state index contributed by atoms with van der Waals surface area (Å²) in [5.41, 5.74) is 1.17. The summed E-state index contributed by atoms with van der Waals surface area (Å²) in [5.74, 6) is -0.192. The van der Waals surface area contributed by atoms with Gasteiger partial charge in [0.05, 0.1) is 4.47 Å². The molecular formula is C12H14Br2FN. The van der Waals surface area contributed by atoms with Gasteiger partial charge in [-0.2, -0.15) is 0 Å². The molecule has 16 heavy (non-hydrogen) atoms. The van der Waals surface area contributed by atoms with Crippen LogP contribution >= 0.6 is 31.9 Å². The third kappa shape index (κ3) is 2.84. The summed E-state index contributed by atoms with van der Waals surface area (Å²) in [6.45, 7) is 2.06. The largest absolute Gasteiger partial charge is 0.295 e. The van der Waals surface area contributed by atoms with Crippen LogP contribution in [0, 0.1) is 5.82 Å². The monoisotopic (exact) mass is 349 g/mol. The number of hydrogen-bond donors (Lipinski definition) is 0. The van der Waals surface area contributed by atoms with Crippen LogP contribution in [0.3, 0.4) is 0 Å². The van der Waals surface area contributed by atoms with Gasteiger partial charge in [-0.15, -0.1) is 0 Å². The Balaban J connectivity index is 2.05. The van der Waals surface area contributed by atoms with Crippen LogP contribution in [0.25, 0.3) is 0 Å². The predicted octanol–water partition coefficient (Wildman–Crippen LogP) is 3.95. The zero-order valence-electron chi connectivity index (χ0n) is 8.93. The van der Waals surface area contributed by atoms with Gasteiger partial charge >= 0.3 is 0 Å². The Bertz CT molecular complexity index is 370. The van der Waals surface area contributed by atoms with E-state index in [0.29, 0.717) is 10.5 Å². The third-order valence-corrected chi connectivity index (χ3v) is 4.40.